The molecular weight excluding hydrogens is 536 g/mol. The molecule has 0 N–H and O–H groups in total. The van der Waals surface area contributed by atoms with Crippen LogP contribution in [0.4, 0.5) is 5.69 Å². The molecule has 3 rings (SSSR count). The topological polar surface area (TPSA) is 125 Å². The Balaban J connectivity index is 1.76. The van der Waals surface area contributed by atoms with Crippen LogP contribution >= 0.6 is 23.5 Å². The zero-order valence-electron chi connectivity index (χ0n) is 21.9. The molecule has 1 fully saturated rings. The molecule has 2 aliphatic rings. The maximum absolute atomic E-state index is 13.3. The number of carbonyl (C=O) groups excluding carboxylic acids is 3. The Morgan fingerprint density at radius 2 is 1.86 bits per heavy atom. The van der Waals surface area contributed by atoms with Gasteiger partial charge in [0.2, 0.25) is 5.91 Å². The summed E-state index contributed by atoms with van der Waals surface area (Å²) in [6, 6.07) is 5.66. The highest BCUT2D eigenvalue weighted by Gasteiger charge is 2.59. The van der Waals surface area contributed by atoms with Gasteiger partial charge in [-0.2, -0.15) is 0 Å². The number of hydrogen-bond donors (Lipinski definition) is 0. The summed E-state index contributed by atoms with van der Waals surface area (Å²) in [4.78, 5) is 50.0. The summed E-state index contributed by atoms with van der Waals surface area (Å²) in [7, 11) is -0.850. The summed E-state index contributed by atoms with van der Waals surface area (Å²) >= 11 is 2.48. The van der Waals surface area contributed by atoms with Crippen molar-refractivity contribution in [2.75, 3.05) is 12.9 Å². The first-order chi connectivity index (χ1) is 17.2. The molecule has 1 aromatic rings. The summed E-state index contributed by atoms with van der Waals surface area (Å²) in [5.74, 6) is -1.84. The lowest BCUT2D eigenvalue weighted by molar-refractivity contribution is -0.384. The number of β-lactam (4-membered cyclic amide) rings is 1. The van der Waals surface area contributed by atoms with E-state index in [9.17, 15) is 24.5 Å². The molecule has 2 aliphatic heterocycles. The number of thioether (sulfide) groups is 2. The molecule has 1 saturated heterocycles. The summed E-state index contributed by atoms with van der Waals surface area (Å²) in [6.45, 7) is 12.4. The highest BCUT2D eigenvalue weighted by atomic mass is 32.2. The standard InChI is InChI=1S/C24H32N2O8S2Si/c1-14(34-37(6,7)24(2,3)4)18-20(28)25-19(23(36-21(18)25)35-13-17(27)32-5)22(29)33-12-15-8-10-16(11-9-15)26(30)31/h8-11,14,18,21H,12-13H2,1-7H3/t14?,18?,21-/m1/s1. The lowest BCUT2D eigenvalue weighted by Gasteiger charge is -2.48. The lowest BCUT2D eigenvalue weighted by Crippen LogP contribution is -2.62. The number of benzene rings is 1. The first kappa shape index (κ1) is 29.2. The highest BCUT2D eigenvalue weighted by Crippen LogP contribution is 2.55. The fourth-order valence-electron chi connectivity index (χ4n) is 3.66. The number of non-ortho nitro benzene ring substituents is 1. The van der Waals surface area contributed by atoms with Crippen molar-refractivity contribution in [1.82, 2.24) is 4.90 Å². The number of ether oxygens (including phenoxy) is 2. The average Bonchev–Trinajstić information content (AvgIpc) is 3.14. The second-order valence-corrected chi connectivity index (χ2v) is 17.5. The Labute approximate surface area is 225 Å². The van der Waals surface area contributed by atoms with E-state index in [1.807, 2.05) is 6.92 Å². The van der Waals surface area contributed by atoms with Crippen molar-refractivity contribution in [1.29, 1.82) is 0 Å². The number of carbonyl (C=O) groups is 3. The Morgan fingerprint density at radius 3 is 2.41 bits per heavy atom. The zero-order valence-corrected chi connectivity index (χ0v) is 24.6. The quantitative estimate of drug-likeness (QED) is 0.129. The van der Waals surface area contributed by atoms with Gasteiger partial charge in [-0.05, 0) is 42.8 Å². The summed E-state index contributed by atoms with van der Waals surface area (Å²) in [6.07, 6.45) is -0.343. The molecule has 202 valence electrons. The molecule has 0 saturated carbocycles. The Morgan fingerprint density at radius 1 is 1.24 bits per heavy atom. The molecule has 0 bridgehead atoms. The molecule has 1 aromatic carbocycles. The minimum absolute atomic E-state index is 0.0204. The van der Waals surface area contributed by atoms with Crippen LogP contribution in [0.5, 0.6) is 0 Å². The second-order valence-electron chi connectivity index (χ2n) is 10.3. The third-order valence-corrected chi connectivity index (χ3v) is 14.0. The molecule has 1 amide bonds. The van der Waals surface area contributed by atoms with E-state index in [-0.39, 0.29) is 46.2 Å². The minimum Gasteiger partial charge on any atom is -0.468 e. The predicted molar refractivity (Wildman–Crippen MR) is 144 cm³/mol. The minimum atomic E-state index is -2.13. The largest absolute Gasteiger partial charge is 0.468 e. The van der Waals surface area contributed by atoms with Gasteiger partial charge in [0.15, 0.2) is 14.0 Å². The predicted octanol–water partition coefficient (Wildman–Crippen LogP) is 4.65. The van der Waals surface area contributed by atoms with Crippen LogP contribution in [0.2, 0.25) is 18.1 Å². The van der Waals surface area contributed by atoms with Crippen LogP contribution in [0, 0.1) is 16.0 Å². The highest BCUT2D eigenvalue weighted by molar-refractivity contribution is 8.23. The average molecular weight is 569 g/mol. The first-order valence-corrected chi connectivity index (χ1v) is 16.5. The smallest absolute Gasteiger partial charge is 0.357 e. The van der Waals surface area contributed by atoms with Gasteiger partial charge >= 0.3 is 11.9 Å². The van der Waals surface area contributed by atoms with Gasteiger partial charge in [0.25, 0.3) is 5.69 Å². The van der Waals surface area contributed by atoms with Crippen molar-refractivity contribution in [3.63, 3.8) is 0 Å². The van der Waals surface area contributed by atoms with E-state index in [4.69, 9.17) is 13.9 Å². The molecule has 2 heterocycles. The number of nitro benzene ring substituents is 1. The molecule has 10 nitrogen and oxygen atoms in total. The van der Waals surface area contributed by atoms with Crippen LogP contribution < -0.4 is 0 Å². The Kier molecular flexibility index (Phi) is 8.82. The van der Waals surface area contributed by atoms with Gasteiger partial charge in [-0.25, -0.2) is 4.79 Å². The summed E-state index contributed by atoms with van der Waals surface area (Å²) in [5, 5.41) is 10.5. The van der Waals surface area contributed by atoms with Crippen molar-refractivity contribution < 1.29 is 33.2 Å². The first-order valence-electron chi connectivity index (χ1n) is 11.7. The molecule has 37 heavy (non-hydrogen) atoms. The van der Waals surface area contributed by atoms with Gasteiger partial charge in [-0.1, -0.05) is 32.5 Å². The zero-order chi connectivity index (χ0) is 27.7. The molecule has 0 radical (unpaired) electrons. The fraction of sp³-hybridized carbons (Fsp3) is 0.542. The molecule has 13 heteroatoms. The summed E-state index contributed by atoms with van der Waals surface area (Å²) < 4.78 is 17.2. The van der Waals surface area contributed by atoms with E-state index in [2.05, 4.69) is 33.9 Å². The van der Waals surface area contributed by atoms with Crippen LogP contribution in [0.1, 0.15) is 33.3 Å². The molecule has 2 unspecified atom stereocenters. The van der Waals surface area contributed by atoms with Gasteiger partial charge < -0.3 is 13.9 Å². The van der Waals surface area contributed by atoms with Gasteiger partial charge in [-0.3, -0.25) is 24.6 Å². The number of esters is 2. The van der Waals surface area contributed by atoms with Crippen LogP contribution in [0.3, 0.4) is 0 Å². The lowest BCUT2D eigenvalue weighted by atomic mass is 9.92. The summed E-state index contributed by atoms with van der Waals surface area (Å²) in [5.41, 5.74) is 0.599. The van der Waals surface area contributed by atoms with E-state index >= 15 is 0 Å². The van der Waals surface area contributed by atoms with Crippen molar-refractivity contribution >= 4 is 55.4 Å². The maximum atomic E-state index is 13.3. The number of rotatable bonds is 10. The number of fused-ring (bicyclic) bond motifs is 1. The molecular formula is C24H32N2O8S2Si. The van der Waals surface area contributed by atoms with Crippen molar-refractivity contribution in [2.24, 2.45) is 5.92 Å². The van der Waals surface area contributed by atoms with E-state index in [0.29, 0.717) is 9.80 Å². The normalized spacial score (nSPS) is 20.3. The van der Waals surface area contributed by atoms with Crippen molar-refractivity contribution in [2.45, 2.75) is 63.9 Å². The van der Waals surface area contributed by atoms with Gasteiger partial charge in [-0.15, -0.1) is 11.8 Å². The third-order valence-electron chi connectivity index (χ3n) is 6.80. The second kappa shape index (κ2) is 11.2. The van der Waals surface area contributed by atoms with Crippen LogP contribution in [0.15, 0.2) is 34.2 Å². The van der Waals surface area contributed by atoms with E-state index in [1.165, 1.54) is 48.0 Å². The fourth-order valence-corrected chi connectivity index (χ4v) is 7.83. The van der Waals surface area contributed by atoms with E-state index < -0.39 is 31.1 Å². The van der Waals surface area contributed by atoms with Crippen LogP contribution in [0.25, 0.3) is 0 Å². The van der Waals surface area contributed by atoms with Gasteiger partial charge in [0.05, 0.1) is 34.0 Å². The van der Waals surface area contributed by atoms with Gasteiger partial charge in [0.1, 0.15) is 12.0 Å². The van der Waals surface area contributed by atoms with E-state index in [0.717, 1.165) is 11.8 Å². The third kappa shape index (κ3) is 6.21. The van der Waals surface area contributed by atoms with Crippen LogP contribution in [-0.4, -0.2) is 60.3 Å². The number of nitro groups is 1. The maximum Gasteiger partial charge on any atom is 0.357 e. The SMILES string of the molecule is COC(=O)CSC1=C(C(=O)OCc2ccc([N+](=O)[O-])cc2)N2C(=O)C(C(C)O[Si](C)(C)C(C)(C)C)[C@H]2S1. The number of nitrogens with zero attached hydrogens (tertiary/aromatic N) is 2. The van der Waals surface area contributed by atoms with Crippen molar-refractivity contribution in [3.05, 3.63) is 49.9 Å². The number of amides is 1. The Hall–Kier alpha value is -2.35. The molecule has 3 atom stereocenters. The molecule has 0 aliphatic carbocycles. The molecule has 0 aromatic heterocycles. The monoisotopic (exact) mass is 568 g/mol. The van der Waals surface area contributed by atoms with E-state index in [1.54, 1.807) is 0 Å². The Bertz CT molecular complexity index is 1120. The number of methoxy groups -OCH3 is 1. The van der Waals surface area contributed by atoms with Crippen molar-refractivity contribution in [3.8, 4) is 0 Å². The molecule has 0 spiro atoms. The number of hydrogen-bond acceptors (Lipinski definition) is 10. The van der Waals surface area contributed by atoms with Gasteiger partial charge in [0, 0.05) is 12.1 Å². The van der Waals surface area contributed by atoms with Crippen LogP contribution in [-0.2, 0) is 34.9 Å².